The van der Waals surface area contributed by atoms with Crippen LogP contribution in [0.1, 0.15) is 52.7 Å². The topological polar surface area (TPSA) is 74.4 Å². The number of ether oxygens (including phenoxy) is 2. The number of nitrogens with one attached hydrogen (secondary N) is 1. The highest BCUT2D eigenvalue weighted by Gasteiger charge is 2.47. The molecule has 0 aromatic heterocycles. The van der Waals surface area contributed by atoms with Crippen LogP contribution in [0.3, 0.4) is 0 Å². The lowest BCUT2D eigenvalue weighted by Gasteiger charge is -2.25. The highest BCUT2D eigenvalue weighted by molar-refractivity contribution is 6.01. The van der Waals surface area contributed by atoms with Crippen LogP contribution in [0.2, 0.25) is 0 Å². The van der Waals surface area contributed by atoms with E-state index in [0.717, 1.165) is 24.1 Å². The van der Waals surface area contributed by atoms with Gasteiger partial charge in [-0.15, -0.1) is 0 Å². The smallest absolute Gasteiger partial charge is 0.255 e. The van der Waals surface area contributed by atoms with Crippen molar-refractivity contribution in [3.8, 4) is 5.75 Å². The third-order valence-corrected chi connectivity index (χ3v) is 7.25. The fraction of sp³-hybridized carbons (Fsp3) is 0.462. The molecule has 3 atom stereocenters. The van der Waals surface area contributed by atoms with Crippen LogP contribution in [0.5, 0.6) is 5.75 Å². The standard InChI is InChI=1S/C26H29N3O4/c30-24-21(10-11-23-25(27-24)33-23)29-15-20-19(26(29)31)4-3-5-22(20)32-16-18-8-6-17(7-9-18)14-28-12-1-2-13-28/h3-9,21,23,25H,1-2,10-16H2,(H,27,30). The number of benzene rings is 2. The maximum Gasteiger partial charge on any atom is 0.255 e. The van der Waals surface area contributed by atoms with Crippen molar-refractivity contribution in [1.82, 2.24) is 15.1 Å². The first-order valence-corrected chi connectivity index (χ1v) is 12.0. The molecule has 6 rings (SSSR count). The normalized spacial score (nSPS) is 26.5. The van der Waals surface area contributed by atoms with Gasteiger partial charge in [-0.25, -0.2) is 0 Å². The predicted molar refractivity (Wildman–Crippen MR) is 121 cm³/mol. The molecule has 7 nitrogen and oxygen atoms in total. The Bertz CT molecular complexity index is 1060. The molecule has 33 heavy (non-hydrogen) atoms. The summed E-state index contributed by atoms with van der Waals surface area (Å²) < 4.78 is 11.6. The Morgan fingerprint density at radius 1 is 1.00 bits per heavy atom. The van der Waals surface area contributed by atoms with E-state index in [2.05, 4.69) is 34.5 Å². The van der Waals surface area contributed by atoms with Gasteiger partial charge in [-0.1, -0.05) is 30.3 Å². The molecular weight excluding hydrogens is 418 g/mol. The van der Waals surface area contributed by atoms with Crippen LogP contribution in [0.4, 0.5) is 0 Å². The monoisotopic (exact) mass is 447 g/mol. The molecule has 2 amide bonds. The lowest BCUT2D eigenvalue weighted by Crippen LogP contribution is -2.46. The highest BCUT2D eigenvalue weighted by atomic mass is 16.6. The Labute approximate surface area is 193 Å². The number of epoxide rings is 1. The molecule has 2 aromatic carbocycles. The summed E-state index contributed by atoms with van der Waals surface area (Å²) in [6, 6.07) is 13.7. The predicted octanol–water partition coefficient (Wildman–Crippen LogP) is 2.82. The molecule has 3 unspecified atom stereocenters. The minimum Gasteiger partial charge on any atom is -0.489 e. The van der Waals surface area contributed by atoms with Crippen molar-refractivity contribution in [3.63, 3.8) is 0 Å². The number of carbonyl (C=O) groups is 2. The number of carbonyl (C=O) groups excluding carboxylic acids is 2. The number of hydrogen-bond acceptors (Lipinski definition) is 5. The number of amides is 2. The van der Waals surface area contributed by atoms with E-state index in [-0.39, 0.29) is 24.1 Å². The zero-order valence-corrected chi connectivity index (χ0v) is 18.7. The quantitative estimate of drug-likeness (QED) is 0.690. The number of hydrogen-bond donors (Lipinski definition) is 1. The first-order chi connectivity index (χ1) is 16.2. The van der Waals surface area contributed by atoms with E-state index < -0.39 is 6.04 Å². The summed E-state index contributed by atoms with van der Waals surface area (Å²) in [5.74, 6) is 0.487. The van der Waals surface area contributed by atoms with E-state index in [9.17, 15) is 9.59 Å². The van der Waals surface area contributed by atoms with Crippen LogP contribution in [0.25, 0.3) is 0 Å². The van der Waals surface area contributed by atoms with E-state index in [1.807, 2.05) is 18.2 Å². The zero-order valence-electron chi connectivity index (χ0n) is 18.7. The van der Waals surface area contributed by atoms with E-state index in [1.165, 1.54) is 31.5 Å². The second kappa shape index (κ2) is 8.47. The summed E-state index contributed by atoms with van der Waals surface area (Å²) in [6.07, 6.45) is 3.92. The molecule has 0 spiro atoms. The molecular formula is C26H29N3O4. The molecule has 0 aliphatic carbocycles. The number of rotatable bonds is 6. The van der Waals surface area contributed by atoms with Crippen LogP contribution in [-0.2, 0) is 29.2 Å². The molecule has 0 bridgehead atoms. The fourth-order valence-electron chi connectivity index (χ4n) is 5.29. The Kier molecular flexibility index (Phi) is 5.31. The lowest BCUT2D eigenvalue weighted by atomic mass is 10.1. The van der Waals surface area contributed by atoms with Crippen molar-refractivity contribution < 1.29 is 19.1 Å². The van der Waals surface area contributed by atoms with Crippen molar-refractivity contribution in [3.05, 3.63) is 64.7 Å². The Morgan fingerprint density at radius 2 is 1.79 bits per heavy atom. The second-order valence-electron chi connectivity index (χ2n) is 9.50. The van der Waals surface area contributed by atoms with Gasteiger partial charge < -0.3 is 19.7 Å². The van der Waals surface area contributed by atoms with Crippen LogP contribution in [0.15, 0.2) is 42.5 Å². The maximum atomic E-state index is 13.1. The largest absolute Gasteiger partial charge is 0.489 e. The number of fused-ring (bicyclic) bond motifs is 2. The SMILES string of the molecule is O=C1NC2OC2CCC1N1Cc2c(OCc3ccc(CN4CCCC4)cc3)cccc2C1=O. The molecule has 7 heteroatoms. The third kappa shape index (κ3) is 4.11. The summed E-state index contributed by atoms with van der Waals surface area (Å²) in [5, 5.41) is 2.89. The van der Waals surface area contributed by atoms with Gasteiger partial charge in [0.1, 0.15) is 24.5 Å². The molecule has 0 radical (unpaired) electrons. The second-order valence-corrected chi connectivity index (χ2v) is 9.50. The van der Waals surface area contributed by atoms with Crippen molar-refractivity contribution in [2.24, 2.45) is 0 Å². The van der Waals surface area contributed by atoms with Crippen molar-refractivity contribution >= 4 is 11.8 Å². The van der Waals surface area contributed by atoms with Crippen LogP contribution in [-0.4, -0.2) is 53.1 Å². The Balaban J connectivity index is 1.12. The van der Waals surface area contributed by atoms with Crippen molar-refractivity contribution in [2.45, 2.75) is 63.8 Å². The molecule has 4 aliphatic rings. The first-order valence-electron chi connectivity index (χ1n) is 12.0. The van der Waals surface area contributed by atoms with Gasteiger partial charge in [0.05, 0.1) is 6.54 Å². The minimum atomic E-state index is -0.461. The van der Waals surface area contributed by atoms with Gasteiger partial charge in [0, 0.05) is 17.7 Å². The molecule has 3 fully saturated rings. The molecule has 3 saturated heterocycles. The fourth-order valence-corrected chi connectivity index (χ4v) is 5.29. The van der Waals surface area contributed by atoms with E-state index in [0.29, 0.717) is 30.9 Å². The van der Waals surface area contributed by atoms with Gasteiger partial charge in [-0.3, -0.25) is 14.5 Å². The minimum absolute atomic E-state index is 0.0969. The molecule has 172 valence electrons. The van der Waals surface area contributed by atoms with Crippen LogP contribution >= 0.6 is 0 Å². The first kappa shape index (κ1) is 20.7. The maximum absolute atomic E-state index is 13.1. The highest BCUT2D eigenvalue weighted by Crippen LogP contribution is 2.36. The summed E-state index contributed by atoms with van der Waals surface area (Å²) in [5.41, 5.74) is 3.92. The van der Waals surface area contributed by atoms with Gasteiger partial charge in [0.15, 0.2) is 6.23 Å². The average molecular weight is 448 g/mol. The molecule has 4 aliphatic heterocycles. The molecule has 4 heterocycles. The third-order valence-electron chi connectivity index (χ3n) is 7.25. The lowest BCUT2D eigenvalue weighted by molar-refractivity contribution is -0.126. The van der Waals surface area contributed by atoms with Gasteiger partial charge >= 0.3 is 0 Å². The number of likely N-dealkylation sites (tertiary alicyclic amines) is 1. The summed E-state index contributed by atoms with van der Waals surface area (Å²) in [6.45, 7) is 4.23. The molecule has 0 saturated carbocycles. The summed E-state index contributed by atoms with van der Waals surface area (Å²) >= 11 is 0. The zero-order chi connectivity index (χ0) is 22.4. The Hall–Kier alpha value is -2.90. The summed E-state index contributed by atoms with van der Waals surface area (Å²) in [7, 11) is 0. The van der Waals surface area contributed by atoms with Crippen LogP contribution in [0, 0.1) is 0 Å². The van der Waals surface area contributed by atoms with Gasteiger partial charge in [-0.2, -0.15) is 0 Å². The van der Waals surface area contributed by atoms with Crippen molar-refractivity contribution in [1.29, 1.82) is 0 Å². The van der Waals surface area contributed by atoms with Gasteiger partial charge in [0.25, 0.3) is 5.91 Å². The van der Waals surface area contributed by atoms with E-state index >= 15 is 0 Å². The van der Waals surface area contributed by atoms with Crippen LogP contribution < -0.4 is 10.1 Å². The molecule has 2 aromatic rings. The average Bonchev–Trinajstić information content (AvgIpc) is 3.23. The van der Waals surface area contributed by atoms with E-state index in [4.69, 9.17) is 9.47 Å². The Morgan fingerprint density at radius 3 is 2.61 bits per heavy atom. The van der Waals surface area contributed by atoms with E-state index in [1.54, 1.807) is 4.90 Å². The molecule has 1 N–H and O–H groups in total. The summed E-state index contributed by atoms with van der Waals surface area (Å²) in [4.78, 5) is 29.9. The van der Waals surface area contributed by atoms with Gasteiger partial charge in [0.2, 0.25) is 5.91 Å². The number of nitrogens with zero attached hydrogens (tertiary/aromatic N) is 2. The van der Waals surface area contributed by atoms with Crippen molar-refractivity contribution in [2.75, 3.05) is 13.1 Å². The van der Waals surface area contributed by atoms with Gasteiger partial charge in [-0.05, 0) is 62.0 Å².